The molecule has 2 amide bonds. The molecule has 2 aromatic rings. The van der Waals surface area contributed by atoms with Gasteiger partial charge >= 0.3 is 0 Å². The molecule has 1 aliphatic heterocycles. The number of likely N-dealkylation sites (tertiary alicyclic amines) is 1. The topological polar surface area (TPSA) is 40.6 Å². The fraction of sp³-hybridized carbons (Fsp3) is 0.400. The highest BCUT2D eigenvalue weighted by Crippen LogP contribution is 2.18. The second kappa shape index (κ2) is 8.41. The summed E-state index contributed by atoms with van der Waals surface area (Å²) in [7, 11) is 0. The first-order valence-electron chi connectivity index (χ1n) is 8.76. The molecule has 0 unspecified atom stereocenters. The molecule has 3 rings (SSSR count). The molecule has 1 aromatic carbocycles. The summed E-state index contributed by atoms with van der Waals surface area (Å²) in [6.07, 6.45) is 1.70. The number of rotatable bonds is 8. The van der Waals surface area contributed by atoms with Gasteiger partial charge in [-0.25, -0.2) is 0 Å². The summed E-state index contributed by atoms with van der Waals surface area (Å²) < 4.78 is 0. The van der Waals surface area contributed by atoms with Gasteiger partial charge in [0.1, 0.15) is 0 Å². The zero-order valence-corrected chi connectivity index (χ0v) is 15.4. The van der Waals surface area contributed by atoms with Crippen LogP contribution in [-0.4, -0.2) is 41.2 Å². The van der Waals surface area contributed by atoms with Gasteiger partial charge in [0.2, 0.25) is 11.8 Å². The lowest BCUT2D eigenvalue weighted by Crippen LogP contribution is -2.38. The molecule has 25 heavy (non-hydrogen) atoms. The summed E-state index contributed by atoms with van der Waals surface area (Å²) in [6, 6.07) is 14.7. The SMILES string of the molecule is Cc1ccc(CN(CCc2ccccc2)CCN2C(=O)CCC2=O)s1. The number of nitrogens with zero attached hydrogens (tertiary/aromatic N) is 2. The van der Waals surface area contributed by atoms with Gasteiger partial charge in [0, 0.05) is 48.8 Å². The normalized spacial score (nSPS) is 14.7. The predicted molar refractivity (Wildman–Crippen MR) is 100 cm³/mol. The van der Waals surface area contributed by atoms with E-state index in [4.69, 9.17) is 0 Å². The van der Waals surface area contributed by atoms with E-state index in [0.29, 0.717) is 19.4 Å². The van der Waals surface area contributed by atoms with Gasteiger partial charge in [0.05, 0.1) is 0 Å². The van der Waals surface area contributed by atoms with Gasteiger partial charge in [-0.2, -0.15) is 0 Å². The average Bonchev–Trinajstić information content (AvgIpc) is 3.17. The van der Waals surface area contributed by atoms with E-state index in [1.54, 1.807) is 0 Å². The van der Waals surface area contributed by atoms with E-state index in [0.717, 1.165) is 26.1 Å². The fourth-order valence-electron chi connectivity index (χ4n) is 3.11. The molecule has 0 bridgehead atoms. The maximum Gasteiger partial charge on any atom is 0.229 e. The Hall–Kier alpha value is -1.98. The van der Waals surface area contributed by atoms with Crippen LogP contribution < -0.4 is 0 Å². The van der Waals surface area contributed by atoms with Gasteiger partial charge < -0.3 is 0 Å². The predicted octanol–water partition coefficient (Wildman–Crippen LogP) is 3.25. The van der Waals surface area contributed by atoms with Gasteiger partial charge in [0.15, 0.2) is 0 Å². The van der Waals surface area contributed by atoms with Gasteiger partial charge in [-0.15, -0.1) is 11.3 Å². The van der Waals surface area contributed by atoms with Gasteiger partial charge in [-0.3, -0.25) is 19.4 Å². The summed E-state index contributed by atoms with van der Waals surface area (Å²) >= 11 is 1.81. The third-order valence-electron chi connectivity index (χ3n) is 4.53. The first-order valence-corrected chi connectivity index (χ1v) is 9.58. The van der Waals surface area contributed by atoms with Crippen LogP contribution in [0.15, 0.2) is 42.5 Å². The van der Waals surface area contributed by atoms with E-state index >= 15 is 0 Å². The van der Waals surface area contributed by atoms with Crippen molar-refractivity contribution >= 4 is 23.2 Å². The Balaban J connectivity index is 1.61. The molecule has 0 radical (unpaired) electrons. The number of hydrogen-bond donors (Lipinski definition) is 0. The molecule has 0 N–H and O–H groups in total. The summed E-state index contributed by atoms with van der Waals surface area (Å²) in [5.74, 6) is -0.0556. The molecule has 1 saturated heterocycles. The fourth-order valence-corrected chi connectivity index (χ4v) is 4.04. The quantitative estimate of drug-likeness (QED) is 0.682. The van der Waals surface area contributed by atoms with Crippen LogP contribution >= 0.6 is 11.3 Å². The average molecular weight is 356 g/mol. The zero-order chi connectivity index (χ0) is 17.6. The molecule has 132 valence electrons. The second-order valence-corrected chi connectivity index (χ2v) is 7.84. The smallest absolute Gasteiger partial charge is 0.229 e. The molecule has 0 aliphatic carbocycles. The third kappa shape index (κ3) is 5.00. The van der Waals surface area contributed by atoms with Crippen LogP contribution in [0.2, 0.25) is 0 Å². The monoisotopic (exact) mass is 356 g/mol. The van der Waals surface area contributed by atoms with Crippen molar-refractivity contribution in [1.29, 1.82) is 0 Å². The molecule has 1 aliphatic rings. The number of thiophene rings is 1. The largest absolute Gasteiger partial charge is 0.296 e. The minimum absolute atomic E-state index is 0.0278. The Morgan fingerprint density at radius 3 is 2.36 bits per heavy atom. The van der Waals surface area contributed by atoms with Gasteiger partial charge in [-0.05, 0) is 31.0 Å². The highest BCUT2D eigenvalue weighted by Gasteiger charge is 2.28. The number of carbonyl (C=O) groups is 2. The van der Waals surface area contributed by atoms with Crippen LogP contribution in [0.5, 0.6) is 0 Å². The molecule has 2 heterocycles. The minimum Gasteiger partial charge on any atom is -0.296 e. The van der Waals surface area contributed by atoms with Crippen molar-refractivity contribution in [1.82, 2.24) is 9.80 Å². The maximum atomic E-state index is 11.8. The van der Waals surface area contributed by atoms with Crippen LogP contribution in [0.1, 0.15) is 28.2 Å². The lowest BCUT2D eigenvalue weighted by molar-refractivity contribution is -0.138. The number of hydrogen-bond acceptors (Lipinski definition) is 4. The first kappa shape index (κ1) is 17.8. The Morgan fingerprint density at radius 1 is 1.00 bits per heavy atom. The number of amides is 2. The van der Waals surface area contributed by atoms with E-state index in [1.807, 2.05) is 17.4 Å². The summed E-state index contributed by atoms with van der Waals surface area (Å²) in [5, 5.41) is 0. The number of benzene rings is 1. The zero-order valence-electron chi connectivity index (χ0n) is 14.6. The van der Waals surface area contributed by atoms with Crippen molar-refractivity contribution in [2.75, 3.05) is 19.6 Å². The number of imide groups is 1. The van der Waals surface area contributed by atoms with Gasteiger partial charge in [0.25, 0.3) is 0 Å². The molecule has 1 aromatic heterocycles. The lowest BCUT2D eigenvalue weighted by atomic mass is 10.1. The van der Waals surface area contributed by atoms with Crippen molar-refractivity contribution in [3.63, 3.8) is 0 Å². The van der Waals surface area contributed by atoms with Gasteiger partial charge in [-0.1, -0.05) is 30.3 Å². The summed E-state index contributed by atoms with van der Waals surface area (Å²) in [4.78, 5) is 30.1. The number of aryl methyl sites for hydroxylation is 1. The van der Waals surface area contributed by atoms with Crippen molar-refractivity contribution in [3.05, 3.63) is 57.8 Å². The maximum absolute atomic E-state index is 11.8. The van der Waals surface area contributed by atoms with Crippen molar-refractivity contribution in [2.45, 2.75) is 32.7 Å². The Kier molecular flexibility index (Phi) is 6.00. The van der Waals surface area contributed by atoms with Crippen molar-refractivity contribution in [3.8, 4) is 0 Å². The molecule has 4 nitrogen and oxygen atoms in total. The summed E-state index contributed by atoms with van der Waals surface area (Å²) in [6.45, 7) is 5.11. The molecular formula is C20H24N2O2S. The highest BCUT2D eigenvalue weighted by atomic mass is 32.1. The van der Waals surface area contributed by atoms with E-state index in [-0.39, 0.29) is 11.8 Å². The molecule has 1 fully saturated rings. The highest BCUT2D eigenvalue weighted by molar-refractivity contribution is 7.11. The Labute approximate surface area is 153 Å². The molecule has 0 spiro atoms. The molecule has 0 atom stereocenters. The molecule has 5 heteroatoms. The third-order valence-corrected chi connectivity index (χ3v) is 5.52. The molecule has 0 saturated carbocycles. The lowest BCUT2D eigenvalue weighted by Gasteiger charge is -2.24. The number of carbonyl (C=O) groups excluding carboxylic acids is 2. The van der Waals surface area contributed by atoms with Crippen molar-refractivity contribution < 1.29 is 9.59 Å². The Bertz CT molecular complexity index is 710. The molecular weight excluding hydrogens is 332 g/mol. The minimum atomic E-state index is -0.0278. The first-order chi connectivity index (χ1) is 12.1. The van der Waals surface area contributed by atoms with Crippen LogP contribution in [0, 0.1) is 6.92 Å². The second-order valence-electron chi connectivity index (χ2n) is 6.46. The Morgan fingerprint density at radius 2 is 1.72 bits per heavy atom. The van der Waals surface area contributed by atoms with Crippen molar-refractivity contribution in [2.24, 2.45) is 0 Å². The summed E-state index contributed by atoms with van der Waals surface area (Å²) in [5.41, 5.74) is 1.31. The van der Waals surface area contributed by atoms with Crippen LogP contribution in [-0.2, 0) is 22.6 Å². The van der Waals surface area contributed by atoms with E-state index < -0.39 is 0 Å². The van der Waals surface area contributed by atoms with E-state index in [1.165, 1.54) is 20.2 Å². The van der Waals surface area contributed by atoms with Crippen LogP contribution in [0.3, 0.4) is 0 Å². The van der Waals surface area contributed by atoms with Crippen LogP contribution in [0.4, 0.5) is 0 Å². The van der Waals surface area contributed by atoms with Crippen LogP contribution in [0.25, 0.3) is 0 Å². The van der Waals surface area contributed by atoms with E-state index in [2.05, 4.69) is 48.2 Å². The standard InChI is InChI=1S/C20H24N2O2S/c1-16-7-8-18(25-16)15-21(12-11-17-5-3-2-4-6-17)13-14-22-19(23)9-10-20(22)24/h2-8H,9-15H2,1H3. The van der Waals surface area contributed by atoms with E-state index in [9.17, 15) is 9.59 Å².